The summed E-state index contributed by atoms with van der Waals surface area (Å²) in [6.07, 6.45) is 6.67. The molecule has 0 amide bonds. The predicted octanol–water partition coefficient (Wildman–Crippen LogP) is 4.35. The molecular weight excluding hydrogens is 208 g/mol. The second-order valence-corrected chi connectivity index (χ2v) is 4.70. The second kappa shape index (κ2) is 5.35. The Kier molecular flexibility index (Phi) is 3.82. The first-order valence-electron chi connectivity index (χ1n) is 6.75. The number of hydrogen-bond acceptors (Lipinski definition) is 1. The molecule has 0 aliphatic heterocycles. The van der Waals surface area contributed by atoms with Gasteiger partial charge in [0.15, 0.2) is 0 Å². The third kappa shape index (κ3) is 2.36. The van der Waals surface area contributed by atoms with E-state index < -0.39 is 0 Å². The third-order valence-electron chi connectivity index (χ3n) is 3.51. The van der Waals surface area contributed by atoms with Gasteiger partial charge in [-0.3, -0.25) is 0 Å². The van der Waals surface area contributed by atoms with E-state index >= 15 is 0 Å². The number of hydrogen-bond donors (Lipinski definition) is 0. The molecule has 0 aliphatic carbocycles. The van der Waals surface area contributed by atoms with Crippen molar-refractivity contribution in [1.82, 2.24) is 9.55 Å². The summed E-state index contributed by atoms with van der Waals surface area (Å²) in [5.74, 6) is 0. The van der Waals surface area contributed by atoms with Crippen LogP contribution in [0.5, 0.6) is 0 Å². The molecule has 2 nitrogen and oxygen atoms in total. The molecule has 0 atom stereocenters. The van der Waals surface area contributed by atoms with Gasteiger partial charge in [-0.1, -0.05) is 33.3 Å². The molecule has 0 aliphatic rings. The highest BCUT2D eigenvalue weighted by Gasteiger charge is 2.10. The molecule has 0 N–H and O–H groups in total. The smallest absolute Gasteiger partial charge is 0.0960 e. The van der Waals surface area contributed by atoms with E-state index in [-0.39, 0.29) is 0 Å². The lowest BCUT2D eigenvalue weighted by molar-refractivity contribution is 0.483. The first-order chi connectivity index (χ1) is 8.30. The van der Waals surface area contributed by atoms with Crippen LogP contribution in [0.2, 0.25) is 0 Å². The summed E-state index contributed by atoms with van der Waals surface area (Å²) in [6.45, 7) is 6.70. The number of nitrogens with zero attached hydrogens (tertiary/aromatic N) is 2. The first-order valence-corrected chi connectivity index (χ1v) is 6.75. The molecule has 1 heterocycles. The Labute approximate surface area is 104 Å². The lowest BCUT2D eigenvalue weighted by Gasteiger charge is -2.15. The molecule has 0 bridgehead atoms. The molecule has 17 heavy (non-hydrogen) atoms. The zero-order chi connectivity index (χ0) is 12.3. The molecule has 2 aromatic rings. The van der Waals surface area contributed by atoms with Crippen LogP contribution in [0.25, 0.3) is 11.0 Å². The van der Waals surface area contributed by atoms with Gasteiger partial charge >= 0.3 is 0 Å². The molecular formula is C15H22N2. The summed E-state index contributed by atoms with van der Waals surface area (Å²) in [6, 6.07) is 7.28. The van der Waals surface area contributed by atoms with Crippen LogP contribution < -0.4 is 0 Å². The van der Waals surface area contributed by atoms with Gasteiger partial charge in [-0.15, -0.1) is 0 Å². The van der Waals surface area contributed by atoms with Crippen molar-refractivity contribution in [3.8, 4) is 0 Å². The lowest BCUT2D eigenvalue weighted by atomic mass is 10.1. The Morgan fingerprint density at radius 3 is 2.59 bits per heavy atom. The Morgan fingerprint density at radius 2 is 1.94 bits per heavy atom. The molecule has 0 saturated carbocycles. The van der Waals surface area contributed by atoms with Crippen LogP contribution in [0.15, 0.2) is 24.5 Å². The predicted molar refractivity (Wildman–Crippen MR) is 73.3 cm³/mol. The number of imidazole rings is 1. The summed E-state index contributed by atoms with van der Waals surface area (Å²) in [4.78, 5) is 4.54. The molecule has 2 rings (SSSR count). The lowest BCUT2D eigenvalue weighted by Crippen LogP contribution is -2.05. The highest BCUT2D eigenvalue weighted by atomic mass is 15.1. The zero-order valence-corrected chi connectivity index (χ0v) is 11.1. The molecule has 0 spiro atoms. The Bertz CT molecular complexity index is 481. The van der Waals surface area contributed by atoms with Crippen molar-refractivity contribution in [2.24, 2.45) is 0 Å². The van der Waals surface area contributed by atoms with E-state index in [4.69, 9.17) is 0 Å². The summed E-state index contributed by atoms with van der Waals surface area (Å²) in [5, 5.41) is 0. The maximum Gasteiger partial charge on any atom is 0.0960 e. The summed E-state index contributed by atoms with van der Waals surface area (Å²) in [7, 11) is 0. The van der Waals surface area contributed by atoms with Crippen LogP contribution >= 0.6 is 0 Å². The zero-order valence-electron chi connectivity index (χ0n) is 11.1. The monoisotopic (exact) mass is 230 g/mol. The Morgan fingerprint density at radius 1 is 1.18 bits per heavy atom. The van der Waals surface area contributed by atoms with E-state index in [0.29, 0.717) is 6.04 Å². The van der Waals surface area contributed by atoms with Crippen LogP contribution in [0, 0.1) is 0 Å². The van der Waals surface area contributed by atoms with Crippen LogP contribution in [-0.4, -0.2) is 9.55 Å². The maximum atomic E-state index is 4.54. The van der Waals surface area contributed by atoms with Gasteiger partial charge in [-0.2, -0.15) is 0 Å². The molecule has 1 aromatic heterocycles. The van der Waals surface area contributed by atoms with E-state index in [1.54, 1.807) is 0 Å². The highest BCUT2D eigenvalue weighted by molar-refractivity contribution is 5.76. The molecule has 0 fully saturated rings. The van der Waals surface area contributed by atoms with E-state index in [2.05, 4.69) is 48.5 Å². The minimum atomic E-state index is 0.581. The second-order valence-electron chi connectivity index (χ2n) is 4.70. The average molecular weight is 230 g/mol. The largest absolute Gasteiger partial charge is 0.327 e. The van der Waals surface area contributed by atoms with Crippen LogP contribution in [-0.2, 0) is 6.42 Å². The van der Waals surface area contributed by atoms with Crippen molar-refractivity contribution in [1.29, 1.82) is 0 Å². The minimum absolute atomic E-state index is 0.581. The quantitative estimate of drug-likeness (QED) is 0.746. The summed E-state index contributed by atoms with van der Waals surface area (Å²) in [5.41, 5.74) is 3.82. The van der Waals surface area contributed by atoms with Crippen molar-refractivity contribution in [2.45, 2.75) is 52.5 Å². The molecule has 2 heteroatoms. The van der Waals surface area contributed by atoms with E-state index in [0.717, 1.165) is 11.9 Å². The SMILES string of the molecule is CCCc1ccc2c(c1)ncn2C(CC)CC. The van der Waals surface area contributed by atoms with Gasteiger partial charge < -0.3 is 4.57 Å². The molecule has 92 valence electrons. The van der Waals surface area contributed by atoms with Crippen molar-refractivity contribution in [3.63, 3.8) is 0 Å². The van der Waals surface area contributed by atoms with Crippen molar-refractivity contribution < 1.29 is 0 Å². The number of aryl methyl sites for hydroxylation is 1. The van der Waals surface area contributed by atoms with Crippen molar-refractivity contribution in [2.75, 3.05) is 0 Å². The molecule has 0 saturated heterocycles. The minimum Gasteiger partial charge on any atom is -0.327 e. The van der Waals surface area contributed by atoms with Gasteiger partial charge in [0.05, 0.1) is 17.4 Å². The van der Waals surface area contributed by atoms with Crippen LogP contribution in [0.1, 0.15) is 51.6 Å². The van der Waals surface area contributed by atoms with Gasteiger partial charge in [0.25, 0.3) is 0 Å². The fourth-order valence-corrected chi connectivity index (χ4v) is 2.49. The van der Waals surface area contributed by atoms with Gasteiger partial charge in [0.1, 0.15) is 0 Å². The summed E-state index contributed by atoms with van der Waals surface area (Å²) < 4.78 is 2.32. The topological polar surface area (TPSA) is 17.8 Å². The number of benzene rings is 1. The standard InChI is InChI=1S/C15H22N2/c1-4-7-12-8-9-15-14(10-12)16-11-17(15)13(5-2)6-3/h8-11,13H,4-7H2,1-3H3. The van der Waals surface area contributed by atoms with Gasteiger partial charge in [0.2, 0.25) is 0 Å². The fraction of sp³-hybridized carbons (Fsp3) is 0.533. The molecule has 0 radical (unpaired) electrons. The number of fused-ring (bicyclic) bond motifs is 1. The van der Waals surface area contributed by atoms with Crippen LogP contribution in [0.3, 0.4) is 0 Å². The number of aromatic nitrogens is 2. The van der Waals surface area contributed by atoms with E-state index in [9.17, 15) is 0 Å². The van der Waals surface area contributed by atoms with Crippen LogP contribution in [0.4, 0.5) is 0 Å². The normalized spacial score (nSPS) is 11.5. The highest BCUT2D eigenvalue weighted by Crippen LogP contribution is 2.23. The van der Waals surface area contributed by atoms with Gasteiger partial charge in [-0.05, 0) is 37.0 Å². The van der Waals surface area contributed by atoms with Gasteiger partial charge in [-0.25, -0.2) is 4.98 Å². The third-order valence-corrected chi connectivity index (χ3v) is 3.51. The Balaban J connectivity index is 2.40. The molecule has 1 aromatic carbocycles. The van der Waals surface area contributed by atoms with Gasteiger partial charge in [0, 0.05) is 6.04 Å². The first kappa shape index (κ1) is 12.2. The summed E-state index contributed by atoms with van der Waals surface area (Å²) >= 11 is 0. The molecule has 0 unspecified atom stereocenters. The van der Waals surface area contributed by atoms with E-state index in [1.165, 1.54) is 30.3 Å². The Hall–Kier alpha value is -1.31. The number of rotatable bonds is 5. The maximum absolute atomic E-state index is 4.54. The average Bonchev–Trinajstić information content (AvgIpc) is 2.75. The van der Waals surface area contributed by atoms with Crippen molar-refractivity contribution in [3.05, 3.63) is 30.1 Å². The van der Waals surface area contributed by atoms with Crippen molar-refractivity contribution >= 4 is 11.0 Å². The van der Waals surface area contributed by atoms with E-state index in [1.807, 2.05) is 6.33 Å². The fourth-order valence-electron chi connectivity index (χ4n) is 2.49.